The van der Waals surface area contributed by atoms with Gasteiger partial charge in [0.15, 0.2) is 5.82 Å². The van der Waals surface area contributed by atoms with E-state index in [2.05, 4.69) is 30.2 Å². The molecule has 2 fully saturated rings. The molecule has 3 N–H and O–H groups in total. The molecule has 0 bridgehead atoms. The number of β-amino-alcohol motifs (C(OH)–C–C–N with tert-alkyl or cyclic N) is 1. The maximum Gasteiger partial charge on any atom is 0.151 e. The van der Waals surface area contributed by atoms with Gasteiger partial charge in [0.05, 0.1) is 18.5 Å². The number of anilines is 1. The number of nitrogens with one attached hydrogen (secondary N) is 1. The van der Waals surface area contributed by atoms with Crippen LogP contribution in [0, 0.1) is 11.8 Å². The molecule has 2 aliphatic rings. The predicted molar refractivity (Wildman–Crippen MR) is 109 cm³/mol. The Morgan fingerprint density at radius 1 is 1.00 bits per heavy atom. The van der Waals surface area contributed by atoms with Gasteiger partial charge >= 0.3 is 0 Å². The second kappa shape index (κ2) is 7.46. The van der Waals surface area contributed by atoms with Gasteiger partial charge in [0, 0.05) is 50.0 Å². The van der Waals surface area contributed by atoms with Gasteiger partial charge in [-0.2, -0.15) is 5.10 Å². The molecule has 2 atom stereocenters. The van der Waals surface area contributed by atoms with E-state index in [1.807, 2.05) is 24.3 Å². The van der Waals surface area contributed by atoms with Crippen molar-refractivity contribution in [2.24, 2.45) is 11.8 Å². The highest BCUT2D eigenvalue weighted by molar-refractivity contribution is 5.73. The summed E-state index contributed by atoms with van der Waals surface area (Å²) in [5.41, 5.74) is 3.13. The van der Waals surface area contributed by atoms with E-state index >= 15 is 0 Å². The number of aromatic hydroxyl groups is 1. The van der Waals surface area contributed by atoms with Crippen LogP contribution in [0.1, 0.15) is 0 Å². The van der Waals surface area contributed by atoms with Crippen molar-refractivity contribution in [3.63, 3.8) is 0 Å². The Morgan fingerprint density at radius 2 is 1.83 bits per heavy atom. The minimum Gasteiger partial charge on any atom is -0.507 e. The lowest BCUT2D eigenvalue weighted by atomic mass is 10.0. The topological polar surface area (TPSA) is 101 Å². The van der Waals surface area contributed by atoms with Gasteiger partial charge in [-0.25, -0.2) is 0 Å². The first kappa shape index (κ1) is 18.1. The summed E-state index contributed by atoms with van der Waals surface area (Å²) in [5.74, 6) is 2.31. The quantitative estimate of drug-likeness (QED) is 0.606. The fourth-order valence-corrected chi connectivity index (χ4v) is 4.58. The van der Waals surface area contributed by atoms with Crippen LogP contribution in [-0.2, 0) is 0 Å². The number of aliphatic hydroxyl groups is 1. The summed E-state index contributed by atoms with van der Waals surface area (Å²) in [7, 11) is 0. The Morgan fingerprint density at radius 3 is 2.45 bits per heavy atom. The summed E-state index contributed by atoms with van der Waals surface area (Å²) in [4.78, 5) is 4.64. The number of nitrogens with zero attached hydrogens (tertiary/aromatic N) is 5. The van der Waals surface area contributed by atoms with Crippen molar-refractivity contribution in [2.45, 2.75) is 0 Å². The van der Waals surface area contributed by atoms with E-state index in [1.54, 1.807) is 18.5 Å². The number of aromatic amines is 1. The molecular weight excluding hydrogens is 368 g/mol. The van der Waals surface area contributed by atoms with E-state index in [0.29, 0.717) is 23.1 Å². The van der Waals surface area contributed by atoms with Crippen molar-refractivity contribution in [3.8, 4) is 28.1 Å². The maximum atomic E-state index is 10.5. The van der Waals surface area contributed by atoms with Crippen LogP contribution >= 0.6 is 0 Å². The summed E-state index contributed by atoms with van der Waals surface area (Å²) in [5, 5.41) is 35.1. The summed E-state index contributed by atoms with van der Waals surface area (Å²) in [6.07, 6.45) is 3.51. The second-order valence-corrected chi connectivity index (χ2v) is 7.90. The molecular formula is C21H24N6O2. The van der Waals surface area contributed by atoms with Crippen LogP contribution in [0.25, 0.3) is 22.4 Å². The first-order valence-electron chi connectivity index (χ1n) is 9.95. The minimum absolute atomic E-state index is 0.172. The molecule has 1 aromatic carbocycles. The third kappa shape index (κ3) is 3.45. The Labute approximate surface area is 168 Å². The second-order valence-electron chi connectivity index (χ2n) is 7.90. The molecule has 5 rings (SSSR count). The van der Waals surface area contributed by atoms with Crippen LogP contribution in [0.5, 0.6) is 5.75 Å². The number of hydrogen-bond donors (Lipinski definition) is 3. The van der Waals surface area contributed by atoms with Crippen molar-refractivity contribution in [3.05, 3.63) is 42.7 Å². The standard InChI is InChI=1S/C21H24N6O2/c28-6-5-26-10-16-12-27(13-17(16)11-26)21-4-3-19(24-25-21)18-2-1-14(7-20(18)29)15-8-22-23-9-15/h1-4,7-9,16-17,28-29H,5-6,10-13H2,(H,22,23). The van der Waals surface area contributed by atoms with Crippen LogP contribution in [0.2, 0.25) is 0 Å². The molecule has 2 saturated heterocycles. The number of aliphatic hydroxyl groups excluding tert-OH is 1. The fraction of sp³-hybridized carbons (Fsp3) is 0.381. The molecule has 0 amide bonds. The highest BCUT2D eigenvalue weighted by Gasteiger charge is 2.40. The molecule has 8 nitrogen and oxygen atoms in total. The van der Waals surface area contributed by atoms with Gasteiger partial charge in [0.2, 0.25) is 0 Å². The van der Waals surface area contributed by atoms with Crippen LogP contribution < -0.4 is 4.90 Å². The third-order valence-corrected chi connectivity index (χ3v) is 6.06. The van der Waals surface area contributed by atoms with Gasteiger partial charge < -0.3 is 20.0 Å². The number of rotatable bonds is 5. The van der Waals surface area contributed by atoms with E-state index in [-0.39, 0.29) is 12.4 Å². The van der Waals surface area contributed by atoms with E-state index < -0.39 is 0 Å². The fourth-order valence-electron chi connectivity index (χ4n) is 4.58. The van der Waals surface area contributed by atoms with Crippen molar-refractivity contribution < 1.29 is 10.2 Å². The zero-order chi connectivity index (χ0) is 19.8. The lowest BCUT2D eigenvalue weighted by Crippen LogP contribution is -2.31. The first-order valence-corrected chi connectivity index (χ1v) is 9.95. The number of H-pyrrole nitrogens is 1. The van der Waals surface area contributed by atoms with Gasteiger partial charge in [0.1, 0.15) is 5.75 Å². The monoisotopic (exact) mass is 392 g/mol. The third-order valence-electron chi connectivity index (χ3n) is 6.06. The number of hydrogen-bond acceptors (Lipinski definition) is 7. The molecule has 29 heavy (non-hydrogen) atoms. The molecule has 3 aromatic rings. The molecule has 2 aromatic heterocycles. The van der Waals surface area contributed by atoms with Crippen molar-refractivity contribution in [1.29, 1.82) is 0 Å². The maximum absolute atomic E-state index is 10.5. The largest absolute Gasteiger partial charge is 0.507 e. The molecule has 2 unspecified atom stereocenters. The van der Waals surface area contributed by atoms with E-state index in [1.165, 1.54) is 0 Å². The van der Waals surface area contributed by atoms with Gasteiger partial charge in [-0.3, -0.25) is 5.10 Å². The number of likely N-dealkylation sites (tertiary alicyclic amines) is 1. The SMILES string of the molecule is OCCN1CC2CN(c3ccc(-c4ccc(-c5cn[nH]c5)cc4O)nn3)CC2C1. The molecule has 2 aliphatic heterocycles. The molecule has 0 saturated carbocycles. The smallest absolute Gasteiger partial charge is 0.151 e. The van der Waals surface area contributed by atoms with E-state index in [9.17, 15) is 5.11 Å². The van der Waals surface area contributed by atoms with Crippen LogP contribution in [0.3, 0.4) is 0 Å². The summed E-state index contributed by atoms with van der Waals surface area (Å²) < 4.78 is 0. The zero-order valence-electron chi connectivity index (χ0n) is 16.1. The summed E-state index contributed by atoms with van der Waals surface area (Å²) in [6.45, 7) is 5.04. The minimum atomic E-state index is 0.172. The Bertz CT molecular complexity index is 961. The molecule has 150 valence electrons. The van der Waals surface area contributed by atoms with Gasteiger partial charge in [0.25, 0.3) is 0 Å². The van der Waals surface area contributed by atoms with E-state index in [0.717, 1.165) is 49.7 Å². The highest BCUT2D eigenvalue weighted by atomic mass is 16.3. The predicted octanol–water partition coefficient (Wildman–Crippen LogP) is 1.60. The average molecular weight is 392 g/mol. The Hall–Kier alpha value is -2.97. The van der Waals surface area contributed by atoms with Gasteiger partial charge in [-0.15, -0.1) is 10.2 Å². The molecule has 8 heteroatoms. The molecule has 0 aliphatic carbocycles. The highest BCUT2D eigenvalue weighted by Crippen LogP contribution is 2.35. The van der Waals surface area contributed by atoms with Crippen molar-refractivity contribution in [1.82, 2.24) is 25.3 Å². The number of aromatic nitrogens is 4. The first-order chi connectivity index (χ1) is 14.2. The lowest BCUT2D eigenvalue weighted by molar-refractivity contribution is 0.214. The number of benzene rings is 1. The normalized spacial score (nSPS) is 21.6. The number of fused-ring (bicyclic) bond motifs is 1. The average Bonchev–Trinajstić information content (AvgIpc) is 3.45. The van der Waals surface area contributed by atoms with Crippen LogP contribution in [0.15, 0.2) is 42.7 Å². The van der Waals surface area contributed by atoms with Gasteiger partial charge in [-0.05, 0) is 41.7 Å². The molecule has 0 spiro atoms. The van der Waals surface area contributed by atoms with Crippen LogP contribution in [0.4, 0.5) is 5.82 Å². The van der Waals surface area contributed by atoms with E-state index in [4.69, 9.17) is 5.11 Å². The zero-order valence-corrected chi connectivity index (χ0v) is 16.1. The van der Waals surface area contributed by atoms with Crippen molar-refractivity contribution in [2.75, 3.05) is 44.2 Å². The Balaban J connectivity index is 1.29. The Kier molecular flexibility index (Phi) is 4.65. The van der Waals surface area contributed by atoms with Gasteiger partial charge in [-0.1, -0.05) is 6.07 Å². The number of phenolic OH excluding ortho intramolecular Hbond substituents is 1. The lowest BCUT2D eigenvalue weighted by Gasteiger charge is -2.21. The van der Waals surface area contributed by atoms with Crippen molar-refractivity contribution >= 4 is 5.82 Å². The van der Waals surface area contributed by atoms with Crippen LogP contribution in [-0.4, -0.2) is 74.8 Å². The summed E-state index contributed by atoms with van der Waals surface area (Å²) >= 11 is 0. The molecule has 4 heterocycles. The summed E-state index contributed by atoms with van der Waals surface area (Å²) in [6, 6.07) is 9.42. The molecule has 0 radical (unpaired) electrons. The number of phenols is 1.